The summed E-state index contributed by atoms with van der Waals surface area (Å²) in [4.78, 5) is 12.7. The Hall–Kier alpha value is -0.320. The van der Waals surface area contributed by atoms with Crippen molar-refractivity contribution in [1.82, 2.24) is 5.32 Å². The summed E-state index contributed by atoms with van der Waals surface area (Å²) in [5, 5.41) is 5.19. The lowest BCUT2D eigenvalue weighted by Gasteiger charge is -2.21. The molecule has 2 heterocycles. The molecule has 1 aromatic heterocycles. The van der Waals surface area contributed by atoms with Crippen molar-refractivity contribution in [2.24, 2.45) is 0 Å². The van der Waals surface area contributed by atoms with Crippen molar-refractivity contribution in [3.8, 4) is 0 Å². The van der Waals surface area contributed by atoms with E-state index < -0.39 is 0 Å². The topological polar surface area (TPSA) is 29.1 Å². The number of carbonyl (C=O) groups is 1. The molecule has 0 saturated carbocycles. The third-order valence-corrected chi connectivity index (χ3v) is 3.95. The highest BCUT2D eigenvalue weighted by Crippen LogP contribution is 2.16. The van der Waals surface area contributed by atoms with Crippen LogP contribution in [-0.4, -0.2) is 29.9 Å². The first-order chi connectivity index (χ1) is 6.38. The predicted octanol–water partition coefficient (Wildman–Crippen LogP) is 1.64. The van der Waals surface area contributed by atoms with E-state index in [0.717, 1.165) is 22.9 Å². The standard InChI is InChI=1S/C9H11NOS2/c11-9(8-2-1-4-13-8)7-6-12-5-3-10-7/h1-2,4,7,10H,3,5-6H2. The maximum atomic E-state index is 11.8. The zero-order valence-corrected chi connectivity index (χ0v) is 8.79. The van der Waals surface area contributed by atoms with Gasteiger partial charge in [0.2, 0.25) is 0 Å². The summed E-state index contributed by atoms with van der Waals surface area (Å²) in [7, 11) is 0. The summed E-state index contributed by atoms with van der Waals surface area (Å²) in [5.74, 6) is 2.28. The number of carbonyl (C=O) groups excluding carboxylic acids is 1. The van der Waals surface area contributed by atoms with Gasteiger partial charge in [-0.05, 0) is 11.4 Å². The molecule has 1 aliphatic heterocycles. The number of ketones is 1. The first kappa shape index (κ1) is 9.24. The molecule has 0 amide bonds. The molecular formula is C9H11NOS2. The zero-order valence-electron chi connectivity index (χ0n) is 7.16. The van der Waals surface area contributed by atoms with Gasteiger partial charge in [0.15, 0.2) is 5.78 Å². The zero-order chi connectivity index (χ0) is 9.10. The molecule has 0 aliphatic carbocycles. The van der Waals surface area contributed by atoms with Crippen molar-refractivity contribution in [3.05, 3.63) is 22.4 Å². The van der Waals surface area contributed by atoms with Crippen LogP contribution in [-0.2, 0) is 0 Å². The molecule has 1 aromatic rings. The summed E-state index contributed by atoms with van der Waals surface area (Å²) >= 11 is 3.38. The number of nitrogens with one attached hydrogen (secondary N) is 1. The van der Waals surface area contributed by atoms with E-state index in [9.17, 15) is 4.79 Å². The van der Waals surface area contributed by atoms with Gasteiger partial charge in [-0.25, -0.2) is 0 Å². The van der Waals surface area contributed by atoms with E-state index in [4.69, 9.17) is 0 Å². The first-order valence-corrected chi connectivity index (χ1v) is 6.30. The van der Waals surface area contributed by atoms with Gasteiger partial charge in [-0.1, -0.05) is 6.07 Å². The number of hydrogen-bond donors (Lipinski definition) is 1. The Morgan fingerprint density at radius 2 is 2.54 bits per heavy atom. The molecule has 1 fully saturated rings. The van der Waals surface area contributed by atoms with Crippen molar-refractivity contribution in [2.75, 3.05) is 18.1 Å². The second kappa shape index (κ2) is 4.26. The quantitative estimate of drug-likeness (QED) is 0.757. The maximum absolute atomic E-state index is 11.8. The Kier molecular flexibility index (Phi) is 3.03. The van der Waals surface area contributed by atoms with Crippen molar-refractivity contribution >= 4 is 28.9 Å². The molecule has 4 heteroatoms. The van der Waals surface area contributed by atoms with Crippen LogP contribution in [0.1, 0.15) is 9.67 Å². The molecule has 1 unspecified atom stereocenters. The molecule has 2 nitrogen and oxygen atoms in total. The summed E-state index contributed by atoms with van der Waals surface area (Å²) < 4.78 is 0. The van der Waals surface area contributed by atoms with Crippen LogP contribution in [0.3, 0.4) is 0 Å². The van der Waals surface area contributed by atoms with E-state index in [1.807, 2.05) is 29.3 Å². The van der Waals surface area contributed by atoms with E-state index >= 15 is 0 Å². The van der Waals surface area contributed by atoms with Crippen molar-refractivity contribution < 1.29 is 4.79 Å². The van der Waals surface area contributed by atoms with Crippen LogP contribution in [0.25, 0.3) is 0 Å². The van der Waals surface area contributed by atoms with E-state index in [1.54, 1.807) is 0 Å². The van der Waals surface area contributed by atoms with Crippen LogP contribution < -0.4 is 5.32 Å². The minimum Gasteiger partial charge on any atom is -0.306 e. The summed E-state index contributed by atoms with van der Waals surface area (Å²) in [6, 6.07) is 3.86. The van der Waals surface area contributed by atoms with Crippen LogP contribution in [0.2, 0.25) is 0 Å². The van der Waals surface area contributed by atoms with Gasteiger partial charge in [0, 0.05) is 18.1 Å². The number of Topliss-reactive ketones (excluding diaryl/α,β-unsaturated/α-hetero) is 1. The molecule has 0 aromatic carbocycles. The van der Waals surface area contributed by atoms with Crippen molar-refractivity contribution in [2.45, 2.75) is 6.04 Å². The van der Waals surface area contributed by atoms with Crippen LogP contribution in [0, 0.1) is 0 Å². The molecule has 70 valence electrons. The van der Waals surface area contributed by atoms with Crippen molar-refractivity contribution in [1.29, 1.82) is 0 Å². The number of rotatable bonds is 2. The molecule has 0 radical (unpaired) electrons. The average Bonchev–Trinajstić information content (AvgIpc) is 2.71. The monoisotopic (exact) mass is 213 g/mol. The highest BCUT2D eigenvalue weighted by Gasteiger charge is 2.22. The largest absolute Gasteiger partial charge is 0.306 e. The minimum atomic E-state index is 0.0393. The van der Waals surface area contributed by atoms with E-state index in [0.29, 0.717) is 0 Å². The summed E-state index contributed by atoms with van der Waals surface area (Å²) in [6.45, 7) is 0.951. The molecule has 2 rings (SSSR count). The molecule has 1 aliphatic rings. The van der Waals surface area contributed by atoms with Crippen LogP contribution >= 0.6 is 23.1 Å². The average molecular weight is 213 g/mol. The fourth-order valence-corrected chi connectivity index (χ4v) is 2.98. The maximum Gasteiger partial charge on any atom is 0.190 e. The lowest BCUT2D eigenvalue weighted by molar-refractivity contribution is 0.0957. The lowest BCUT2D eigenvalue weighted by Crippen LogP contribution is -2.43. The number of thiophene rings is 1. The third-order valence-electron chi connectivity index (χ3n) is 2.00. The fourth-order valence-electron chi connectivity index (χ4n) is 1.32. The van der Waals surface area contributed by atoms with Crippen LogP contribution in [0.5, 0.6) is 0 Å². The van der Waals surface area contributed by atoms with Crippen LogP contribution in [0.4, 0.5) is 0 Å². The highest BCUT2D eigenvalue weighted by atomic mass is 32.2. The number of thioether (sulfide) groups is 1. The van der Waals surface area contributed by atoms with E-state index in [1.165, 1.54) is 11.3 Å². The SMILES string of the molecule is O=C(c1cccs1)C1CSCCN1. The van der Waals surface area contributed by atoms with E-state index in [-0.39, 0.29) is 11.8 Å². The first-order valence-electron chi connectivity index (χ1n) is 4.27. The Morgan fingerprint density at radius 1 is 1.62 bits per heavy atom. The second-order valence-electron chi connectivity index (χ2n) is 2.92. The van der Waals surface area contributed by atoms with Gasteiger partial charge in [0.25, 0.3) is 0 Å². The molecule has 0 bridgehead atoms. The molecule has 1 saturated heterocycles. The highest BCUT2D eigenvalue weighted by molar-refractivity contribution is 7.99. The fraction of sp³-hybridized carbons (Fsp3) is 0.444. The molecule has 1 N–H and O–H groups in total. The second-order valence-corrected chi connectivity index (χ2v) is 5.02. The number of hydrogen-bond acceptors (Lipinski definition) is 4. The molecule has 0 spiro atoms. The van der Waals surface area contributed by atoms with Gasteiger partial charge >= 0.3 is 0 Å². The Balaban J connectivity index is 2.04. The van der Waals surface area contributed by atoms with Gasteiger partial charge in [0.1, 0.15) is 0 Å². The smallest absolute Gasteiger partial charge is 0.190 e. The Labute approximate surface area is 85.7 Å². The van der Waals surface area contributed by atoms with Gasteiger partial charge in [-0.3, -0.25) is 4.79 Å². The van der Waals surface area contributed by atoms with Crippen LogP contribution in [0.15, 0.2) is 17.5 Å². The van der Waals surface area contributed by atoms with Gasteiger partial charge < -0.3 is 5.32 Å². The molecule has 13 heavy (non-hydrogen) atoms. The lowest BCUT2D eigenvalue weighted by atomic mass is 10.2. The van der Waals surface area contributed by atoms with Gasteiger partial charge in [-0.15, -0.1) is 11.3 Å². The minimum absolute atomic E-state index is 0.0393. The van der Waals surface area contributed by atoms with Gasteiger partial charge in [-0.2, -0.15) is 11.8 Å². The van der Waals surface area contributed by atoms with Gasteiger partial charge in [0.05, 0.1) is 10.9 Å². The summed E-state index contributed by atoms with van der Waals surface area (Å²) in [6.07, 6.45) is 0. The van der Waals surface area contributed by atoms with E-state index in [2.05, 4.69) is 5.32 Å². The Morgan fingerprint density at radius 3 is 3.15 bits per heavy atom. The Bertz CT molecular complexity index is 278. The van der Waals surface area contributed by atoms with Crippen molar-refractivity contribution in [3.63, 3.8) is 0 Å². The predicted molar refractivity (Wildman–Crippen MR) is 57.8 cm³/mol. The third kappa shape index (κ3) is 2.13. The molecular weight excluding hydrogens is 202 g/mol. The normalized spacial score (nSPS) is 22.9. The summed E-state index contributed by atoms with van der Waals surface area (Å²) in [5.41, 5.74) is 0. The molecule has 1 atom stereocenters.